The largest absolute Gasteiger partial charge is 0.462 e. The van der Waals surface area contributed by atoms with Gasteiger partial charge >= 0.3 is 0 Å². The fourth-order valence-corrected chi connectivity index (χ4v) is 3.18. The van der Waals surface area contributed by atoms with E-state index in [2.05, 4.69) is 16.7 Å². The van der Waals surface area contributed by atoms with E-state index in [-0.39, 0.29) is 17.5 Å². The van der Waals surface area contributed by atoms with E-state index in [9.17, 15) is 9.59 Å². The Labute approximate surface area is 165 Å². The van der Waals surface area contributed by atoms with E-state index in [0.717, 1.165) is 25.0 Å². The van der Waals surface area contributed by atoms with Crippen molar-refractivity contribution in [1.29, 1.82) is 0 Å². The van der Waals surface area contributed by atoms with Gasteiger partial charge in [0.15, 0.2) is 0 Å². The smallest absolute Gasteiger partial charge is 0.267 e. The van der Waals surface area contributed by atoms with Crippen LogP contribution in [0.1, 0.15) is 54.0 Å². The summed E-state index contributed by atoms with van der Waals surface area (Å²) in [6.45, 7) is 2.37. The first-order chi connectivity index (χ1) is 13.6. The number of aryl methyl sites for hydroxylation is 1. The lowest BCUT2D eigenvalue weighted by Gasteiger charge is -2.14. The first kappa shape index (κ1) is 19.7. The predicted molar refractivity (Wildman–Crippen MR) is 110 cm³/mol. The van der Waals surface area contributed by atoms with Crippen molar-refractivity contribution in [2.75, 3.05) is 6.54 Å². The summed E-state index contributed by atoms with van der Waals surface area (Å²) in [5, 5.41) is 5.62. The van der Waals surface area contributed by atoms with Gasteiger partial charge in [0.1, 0.15) is 17.2 Å². The number of benzene rings is 1. The molecular formula is C23H26N2O3. The Kier molecular flexibility index (Phi) is 6.84. The fourth-order valence-electron chi connectivity index (χ4n) is 3.18. The summed E-state index contributed by atoms with van der Waals surface area (Å²) in [6.07, 6.45) is 9.37. The van der Waals surface area contributed by atoms with Gasteiger partial charge in [0.2, 0.25) is 0 Å². The zero-order valence-corrected chi connectivity index (χ0v) is 16.2. The van der Waals surface area contributed by atoms with Crippen LogP contribution in [0.15, 0.2) is 64.2 Å². The van der Waals surface area contributed by atoms with Gasteiger partial charge in [-0.05, 0) is 63.3 Å². The summed E-state index contributed by atoms with van der Waals surface area (Å²) in [6, 6.07) is 12.4. The molecule has 0 saturated heterocycles. The van der Waals surface area contributed by atoms with Gasteiger partial charge in [0.05, 0.1) is 0 Å². The average Bonchev–Trinajstić information content (AvgIpc) is 3.13. The van der Waals surface area contributed by atoms with E-state index in [0.29, 0.717) is 17.9 Å². The van der Waals surface area contributed by atoms with E-state index in [1.165, 1.54) is 18.4 Å². The molecule has 3 rings (SSSR count). The SMILES string of the molecule is Cc1ccc(/C=C(/NC(=O)c2ccccc2)C(=O)NCCC2=CCCCC2)o1. The van der Waals surface area contributed by atoms with E-state index in [1.807, 2.05) is 19.1 Å². The third-order valence-corrected chi connectivity index (χ3v) is 4.69. The third-order valence-electron chi connectivity index (χ3n) is 4.69. The summed E-state index contributed by atoms with van der Waals surface area (Å²) < 4.78 is 5.53. The first-order valence-electron chi connectivity index (χ1n) is 9.72. The number of carbonyl (C=O) groups excluding carboxylic acids is 2. The fraction of sp³-hybridized carbons (Fsp3) is 0.304. The van der Waals surface area contributed by atoms with Gasteiger partial charge in [-0.25, -0.2) is 0 Å². The molecule has 0 aliphatic heterocycles. The molecule has 5 heteroatoms. The molecule has 1 aliphatic carbocycles. The number of nitrogens with one attached hydrogen (secondary N) is 2. The molecule has 0 saturated carbocycles. The molecule has 0 fully saturated rings. The van der Waals surface area contributed by atoms with Gasteiger partial charge < -0.3 is 15.1 Å². The van der Waals surface area contributed by atoms with Crippen LogP contribution in [-0.2, 0) is 4.79 Å². The number of carbonyl (C=O) groups is 2. The van der Waals surface area contributed by atoms with Crippen LogP contribution in [-0.4, -0.2) is 18.4 Å². The number of amides is 2. The molecule has 5 nitrogen and oxygen atoms in total. The van der Waals surface area contributed by atoms with Crippen molar-refractivity contribution < 1.29 is 14.0 Å². The van der Waals surface area contributed by atoms with Crippen molar-refractivity contribution in [3.8, 4) is 0 Å². The van der Waals surface area contributed by atoms with Gasteiger partial charge in [-0.3, -0.25) is 9.59 Å². The van der Waals surface area contributed by atoms with Crippen LogP contribution in [0.3, 0.4) is 0 Å². The highest BCUT2D eigenvalue weighted by molar-refractivity contribution is 6.05. The van der Waals surface area contributed by atoms with Crippen LogP contribution in [0.4, 0.5) is 0 Å². The highest BCUT2D eigenvalue weighted by Gasteiger charge is 2.15. The van der Waals surface area contributed by atoms with Gasteiger partial charge in [-0.1, -0.05) is 29.8 Å². The predicted octanol–water partition coefficient (Wildman–Crippen LogP) is 4.37. The maximum atomic E-state index is 12.7. The first-order valence-corrected chi connectivity index (χ1v) is 9.72. The molecule has 1 aliphatic rings. The summed E-state index contributed by atoms with van der Waals surface area (Å²) in [5.41, 5.74) is 2.05. The summed E-state index contributed by atoms with van der Waals surface area (Å²) in [7, 11) is 0. The normalized spacial score (nSPS) is 14.3. The molecule has 2 N–H and O–H groups in total. The Balaban J connectivity index is 1.68. The molecule has 0 unspecified atom stereocenters. The molecule has 0 atom stereocenters. The van der Waals surface area contributed by atoms with Crippen LogP contribution < -0.4 is 10.6 Å². The minimum atomic E-state index is -0.333. The Hall–Kier alpha value is -3.08. The van der Waals surface area contributed by atoms with Gasteiger partial charge in [-0.2, -0.15) is 0 Å². The number of hydrogen-bond donors (Lipinski definition) is 2. The Bertz CT molecular complexity index is 878. The zero-order chi connectivity index (χ0) is 19.8. The van der Waals surface area contributed by atoms with Gasteiger partial charge in [-0.15, -0.1) is 0 Å². The molecule has 28 heavy (non-hydrogen) atoms. The molecule has 0 radical (unpaired) electrons. The maximum absolute atomic E-state index is 12.7. The lowest BCUT2D eigenvalue weighted by atomic mass is 9.97. The Morgan fingerprint density at radius 3 is 2.61 bits per heavy atom. The lowest BCUT2D eigenvalue weighted by Crippen LogP contribution is -2.35. The van der Waals surface area contributed by atoms with E-state index in [1.54, 1.807) is 36.4 Å². The van der Waals surface area contributed by atoms with Crippen LogP contribution in [0.5, 0.6) is 0 Å². The number of allylic oxidation sites excluding steroid dienone is 1. The van der Waals surface area contributed by atoms with Crippen LogP contribution in [0.2, 0.25) is 0 Å². The highest BCUT2D eigenvalue weighted by Crippen LogP contribution is 2.19. The standard InChI is InChI=1S/C23H26N2O3/c1-17-12-13-20(28-17)16-21(25-22(26)19-10-6-3-7-11-19)23(27)24-15-14-18-8-4-2-5-9-18/h3,6-8,10-13,16H,2,4-5,9,14-15H2,1H3,(H,24,27)(H,25,26)/b21-16+. The second-order valence-corrected chi connectivity index (χ2v) is 6.94. The van der Waals surface area contributed by atoms with Crippen LogP contribution in [0.25, 0.3) is 6.08 Å². The molecule has 2 amide bonds. The van der Waals surface area contributed by atoms with Crippen molar-refractivity contribution >= 4 is 17.9 Å². The molecule has 146 valence electrons. The summed E-state index contributed by atoms with van der Waals surface area (Å²) in [5.74, 6) is 0.602. The van der Waals surface area contributed by atoms with Crippen molar-refractivity contribution in [2.45, 2.75) is 39.0 Å². The molecule has 1 aromatic carbocycles. The minimum Gasteiger partial charge on any atom is -0.462 e. The van der Waals surface area contributed by atoms with Crippen molar-refractivity contribution in [3.05, 3.63) is 76.9 Å². The number of hydrogen-bond acceptors (Lipinski definition) is 3. The summed E-state index contributed by atoms with van der Waals surface area (Å²) in [4.78, 5) is 25.2. The second-order valence-electron chi connectivity index (χ2n) is 6.94. The molecular weight excluding hydrogens is 352 g/mol. The quantitative estimate of drug-likeness (QED) is 0.555. The van der Waals surface area contributed by atoms with Crippen LogP contribution >= 0.6 is 0 Å². The van der Waals surface area contributed by atoms with Crippen LogP contribution in [0, 0.1) is 6.92 Å². The van der Waals surface area contributed by atoms with Gasteiger partial charge in [0.25, 0.3) is 11.8 Å². The lowest BCUT2D eigenvalue weighted by molar-refractivity contribution is -0.117. The molecule has 1 aromatic heterocycles. The topological polar surface area (TPSA) is 71.3 Å². The molecule has 1 heterocycles. The van der Waals surface area contributed by atoms with Gasteiger partial charge in [0, 0.05) is 18.2 Å². The van der Waals surface area contributed by atoms with E-state index in [4.69, 9.17) is 4.42 Å². The summed E-state index contributed by atoms with van der Waals surface area (Å²) >= 11 is 0. The average molecular weight is 378 g/mol. The van der Waals surface area contributed by atoms with Crippen molar-refractivity contribution in [1.82, 2.24) is 10.6 Å². The van der Waals surface area contributed by atoms with Crippen molar-refractivity contribution in [3.63, 3.8) is 0 Å². The number of rotatable bonds is 7. The third kappa shape index (κ3) is 5.71. The second kappa shape index (κ2) is 9.74. The molecule has 2 aromatic rings. The minimum absolute atomic E-state index is 0.167. The van der Waals surface area contributed by atoms with Crippen molar-refractivity contribution in [2.24, 2.45) is 0 Å². The maximum Gasteiger partial charge on any atom is 0.267 e. The monoisotopic (exact) mass is 378 g/mol. The highest BCUT2D eigenvalue weighted by atomic mass is 16.3. The molecule has 0 bridgehead atoms. The van der Waals surface area contributed by atoms with E-state index >= 15 is 0 Å². The Morgan fingerprint density at radius 2 is 1.93 bits per heavy atom. The zero-order valence-electron chi connectivity index (χ0n) is 16.2. The number of furan rings is 1. The molecule has 0 spiro atoms. The van der Waals surface area contributed by atoms with E-state index < -0.39 is 0 Å². The Morgan fingerprint density at radius 1 is 1.11 bits per heavy atom.